The van der Waals surface area contributed by atoms with Gasteiger partial charge >= 0.3 is 0 Å². The van der Waals surface area contributed by atoms with E-state index in [1.165, 1.54) is 33.5 Å². The van der Waals surface area contributed by atoms with Gasteiger partial charge in [-0.3, -0.25) is 0 Å². The van der Waals surface area contributed by atoms with Gasteiger partial charge in [-0.1, -0.05) is 0 Å². The molecule has 19 heavy (non-hydrogen) atoms. The van der Waals surface area contributed by atoms with Crippen LogP contribution in [0.5, 0.6) is 17.2 Å². The molecule has 1 aromatic carbocycles. The van der Waals surface area contributed by atoms with E-state index in [0.717, 1.165) is 0 Å². The average Bonchev–Trinajstić information content (AvgIpc) is 2.43. The lowest BCUT2D eigenvalue weighted by Crippen LogP contribution is -2.29. The minimum Gasteiger partial charge on any atom is -0.496 e. The molecule has 0 aliphatic carbocycles. The molecular weight excluding hydrogens is 272 g/mol. The summed E-state index contributed by atoms with van der Waals surface area (Å²) in [7, 11) is 0.441. The Morgan fingerprint density at radius 2 is 1.63 bits per heavy atom. The predicted octanol–water partition coefficient (Wildman–Crippen LogP) is -0.0506. The summed E-state index contributed by atoms with van der Waals surface area (Å²) in [5, 5.41) is 0. The Balaban J connectivity index is 3.39. The predicted molar refractivity (Wildman–Crippen MR) is 70.3 cm³/mol. The quantitative estimate of drug-likeness (QED) is 0.730. The van der Waals surface area contributed by atoms with E-state index in [9.17, 15) is 8.42 Å². The first-order valence-corrected chi connectivity index (χ1v) is 6.98. The van der Waals surface area contributed by atoms with Gasteiger partial charge in [-0.2, -0.15) is 0 Å². The van der Waals surface area contributed by atoms with E-state index in [2.05, 4.69) is 4.72 Å². The first kappa shape index (κ1) is 15.5. The number of ether oxygens (including phenoxy) is 3. The number of nitrogens with two attached hydrogens (primary N) is 1. The zero-order valence-electron chi connectivity index (χ0n) is 11.1. The number of methoxy groups -OCH3 is 3. The molecule has 0 amide bonds. The second kappa shape index (κ2) is 6.60. The topological polar surface area (TPSA) is 99.9 Å². The highest BCUT2D eigenvalue weighted by Crippen LogP contribution is 2.37. The molecule has 0 saturated carbocycles. The van der Waals surface area contributed by atoms with Gasteiger partial charge in [-0.25, -0.2) is 13.1 Å². The van der Waals surface area contributed by atoms with E-state index in [1.54, 1.807) is 0 Å². The molecule has 0 aromatic heterocycles. The van der Waals surface area contributed by atoms with E-state index in [4.69, 9.17) is 19.9 Å². The molecule has 0 aliphatic heterocycles. The fraction of sp³-hybridized carbons (Fsp3) is 0.455. The van der Waals surface area contributed by atoms with Crippen LogP contribution in [0.1, 0.15) is 0 Å². The summed E-state index contributed by atoms with van der Waals surface area (Å²) in [5.74, 6) is 0.716. The van der Waals surface area contributed by atoms with Crippen LogP contribution in [0, 0.1) is 0 Å². The molecule has 8 heteroatoms. The lowest BCUT2D eigenvalue weighted by molar-refractivity contribution is 0.359. The van der Waals surface area contributed by atoms with Crippen LogP contribution in [0.15, 0.2) is 17.0 Å². The van der Waals surface area contributed by atoms with E-state index >= 15 is 0 Å². The van der Waals surface area contributed by atoms with E-state index < -0.39 is 10.0 Å². The van der Waals surface area contributed by atoms with Crippen LogP contribution in [0.3, 0.4) is 0 Å². The van der Waals surface area contributed by atoms with Crippen LogP contribution >= 0.6 is 0 Å². The molecule has 108 valence electrons. The number of sulfonamides is 1. The fourth-order valence-electron chi connectivity index (χ4n) is 1.50. The van der Waals surface area contributed by atoms with Gasteiger partial charge in [0.05, 0.1) is 21.3 Å². The second-order valence-electron chi connectivity index (χ2n) is 3.55. The van der Waals surface area contributed by atoms with Crippen LogP contribution < -0.4 is 24.7 Å². The Bertz CT molecular complexity index is 505. The highest BCUT2D eigenvalue weighted by atomic mass is 32.2. The molecule has 0 radical (unpaired) electrons. The molecule has 0 aliphatic rings. The summed E-state index contributed by atoms with van der Waals surface area (Å²) in [5.41, 5.74) is 5.29. The largest absolute Gasteiger partial charge is 0.496 e. The summed E-state index contributed by atoms with van der Waals surface area (Å²) in [6, 6.07) is 2.94. The molecular formula is C11H18N2O5S. The first-order valence-electron chi connectivity index (χ1n) is 5.50. The van der Waals surface area contributed by atoms with Crippen LogP contribution in [-0.4, -0.2) is 42.8 Å². The molecule has 0 bridgehead atoms. The van der Waals surface area contributed by atoms with Crippen molar-refractivity contribution < 1.29 is 22.6 Å². The fourth-order valence-corrected chi connectivity index (χ4v) is 2.85. The van der Waals surface area contributed by atoms with Crippen molar-refractivity contribution in [3.63, 3.8) is 0 Å². The molecule has 0 spiro atoms. The van der Waals surface area contributed by atoms with Gasteiger partial charge < -0.3 is 19.9 Å². The van der Waals surface area contributed by atoms with Crippen molar-refractivity contribution in [3.05, 3.63) is 12.1 Å². The highest BCUT2D eigenvalue weighted by Gasteiger charge is 2.25. The van der Waals surface area contributed by atoms with E-state index in [0.29, 0.717) is 5.75 Å². The number of nitrogens with one attached hydrogen (secondary N) is 1. The maximum Gasteiger partial charge on any atom is 0.248 e. The minimum atomic E-state index is -3.77. The average molecular weight is 290 g/mol. The third kappa shape index (κ3) is 3.49. The van der Waals surface area contributed by atoms with E-state index in [1.807, 2.05) is 0 Å². The van der Waals surface area contributed by atoms with Gasteiger partial charge in [0.25, 0.3) is 0 Å². The SMILES string of the molecule is COc1cc(OC)c(S(=O)(=O)NCCN)c(OC)c1. The van der Waals surface area contributed by atoms with Crippen molar-refractivity contribution in [2.75, 3.05) is 34.4 Å². The monoisotopic (exact) mass is 290 g/mol. The van der Waals surface area contributed by atoms with Gasteiger partial charge in [-0.15, -0.1) is 0 Å². The molecule has 1 rings (SSSR count). The van der Waals surface area contributed by atoms with Crippen molar-refractivity contribution in [2.45, 2.75) is 4.90 Å². The Kier molecular flexibility index (Phi) is 5.40. The minimum absolute atomic E-state index is 0.0771. The van der Waals surface area contributed by atoms with Crippen molar-refractivity contribution >= 4 is 10.0 Å². The van der Waals surface area contributed by atoms with Crippen molar-refractivity contribution in [1.29, 1.82) is 0 Å². The van der Waals surface area contributed by atoms with Gasteiger partial charge in [0.15, 0.2) is 4.90 Å². The highest BCUT2D eigenvalue weighted by molar-refractivity contribution is 7.89. The van der Waals surface area contributed by atoms with Gasteiger partial charge in [0, 0.05) is 25.2 Å². The second-order valence-corrected chi connectivity index (χ2v) is 5.25. The lowest BCUT2D eigenvalue weighted by Gasteiger charge is -2.15. The Labute approximate surface area is 112 Å². The molecule has 3 N–H and O–H groups in total. The molecule has 0 heterocycles. The normalized spacial score (nSPS) is 11.2. The summed E-state index contributed by atoms with van der Waals surface area (Å²) in [6.45, 7) is 0.320. The van der Waals surface area contributed by atoms with Crippen molar-refractivity contribution in [2.24, 2.45) is 5.73 Å². The van der Waals surface area contributed by atoms with Gasteiger partial charge in [0.2, 0.25) is 10.0 Å². The van der Waals surface area contributed by atoms with Crippen LogP contribution in [0.25, 0.3) is 0 Å². The first-order chi connectivity index (χ1) is 9.00. The van der Waals surface area contributed by atoms with E-state index in [-0.39, 0.29) is 29.5 Å². The number of hydrogen-bond acceptors (Lipinski definition) is 6. The molecule has 1 aromatic rings. The maximum atomic E-state index is 12.2. The summed E-state index contributed by atoms with van der Waals surface area (Å²) in [4.78, 5) is -0.0771. The Hall–Kier alpha value is -1.51. The number of hydrogen-bond donors (Lipinski definition) is 2. The number of benzene rings is 1. The Morgan fingerprint density at radius 1 is 1.11 bits per heavy atom. The Morgan fingerprint density at radius 3 is 2.00 bits per heavy atom. The van der Waals surface area contributed by atoms with Crippen LogP contribution in [0.4, 0.5) is 0 Å². The van der Waals surface area contributed by atoms with Crippen molar-refractivity contribution in [3.8, 4) is 17.2 Å². The van der Waals surface area contributed by atoms with Gasteiger partial charge in [-0.05, 0) is 0 Å². The zero-order chi connectivity index (χ0) is 14.5. The van der Waals surface area contributed by atoms with Gasteiger partial charge in [0.1, 0.15) is 17.2 Å². The zero-order valence-corrected chi connectivity index (χ0v) is 11.9. The maximum absolute atomic E-state index is 12.2. The molecule has 0 fully saturated rings. The standard InChI is InChI=1S/C11H18N2O5S/c1-16-8-6-9(17-2)11(10(7-8)18-3)19(14,15)13-5-4-12/h6-7,13H,4-5,12H2,1-3H3. The third-order valence-corrected chi connectivity index (χ3v) is 3.90. The summed E-state index contributed by atoms with van der Waals surface area (Å²) in [6.07, 6.45) is 0. The van der Waals surface area contributed by atoms with Crippen LogP contribution in [0.2, 0.25) is 0 Å². The lowest BCUT2D eigenvalue weighted by atomic mass is 10.3. The number of rotatable bonds is 7. The van der Waals surface area contributed by atoms with Crippen molar-refractivity contribution in [1.82, 2.24) is 4.72 Å². The molecule has 0 saturated heterocycles. The van der Waals surface area contributed by atoms with Crippen LogP contribution in [-0.2, 0) is 10.0 Å². The smallest absolute Gasteiger partial charge is 0.248 e. The summed E-state index contributed by atoms with van der Waals surface area (Å²) >= 11 is 0. The summed E-state index contributed by atoms with van der Waals surface area (Å²) < 4.78 is 41.9. The third-order valence-electron chi connectivity index (χ3n) is 2.37. The molecule has 7 nitrogen and oxygen atoms in total. The molecule has 0 unspecified atom stereocenters. The molecule has 0 atom stereocenters.